The number of rotatable bonds is 15. The molecule has 2 aliphatic heterocycles. The van der Waals surface area contributed by atoms with Crippen LogP contribution in [0.3, 0.4) is 0 Å². The molecule has 1 aliphatic carbocycles. The van der Waals surface area contributed by atoms with E-state index in [-0.39, 0.29) is 10.8 Å². The zero-order chi connectivity index (χ0) is 28.0. The Bertz CT molecular complexity index is 1140. The second kappa shape index (κ2) is 13.1. The number of allylic oxidation sites excluding steroid dienone is 6. The Hall–Kier alpha value is -2.03. The van der Waals surface area contributed by atoms with E-state index in [9.17, 15) is 0 Å². The highest BCUT2D eigenvalue weighted by atomic mass is 32.2. The molecule has 1 nitrogen and oxygen atoms in total. The first-order valence-corrected chi connectivity index (χ1v) is 16.2. The van der Waals surface area contributed by atoms with Gasteiger partial charge in [0.15, 0.2) is 0 Å². The Morgan fingerprint density at radius 2 is 1.95 bits per heavy atom. The van der Waals surface area contributed by atoms with Gasteiger partial charge in [0.25, 0.3) is 0 Å². The molecule has 1 saturated carbocycles. The van der Waals surface area contributed by atoms with Crippen LogP contribution in [0.5, 0.6) is 0 Å². The van der Waals surface area contributed by atoms with Crippen LogP contribution in [-0.4, -0.2) is 29.8 Å². The maximum Gasteiger partial charge on any atom is 0.0234 e. The largest absolute Gasteiger partial charge is 0.297 e. The van der Waals surface area contributed by atoms with Crippen LogP contribution in [0.4, 0.5) is 0 Å². The van der Waals surface area contributed by atoms with Crippen molar-refractivity contribution in [3.8, 4) is 0 Å². The molecule has 3 aliphatic rings. The molecule has 0 amide bonds. The lowest BCUT2D eigenvalue weighted by molar-refractivity contribution is 0.0494. The molecule has 3 atom stereocenters. The number of likely N-dealkylation sites (tertiary alicyclic amines) is 1. The Kier molecular flexibility index (Phi) is 10.0. The van der Waals surface area contributed by atoms with Gasteiger partial charge in [0.2, 0.25) is 0 Å². The normalized spacial score (nSPS) is 23.8. The van der Waals surface area contributed by atoms with Gasteiger partial charge in [-0.2, -0.15) is 0 Å². The summed E-state index contributed by atoms with van der Waals surface area (Å²) in [6, 6.07) is 9.04. The fraction of sp³-hybridized carbons (Fsp3) is 0.514. The number of benzene rings is 1. The van der Waals surface area contributed by atoms with Gasteiger partial charge < -0.3 is 0 Å². The van der Waals surface area contributed by atoms with E-state index in [1.807, 2.05) is 0 Å². The summed E-state index contributed by atoms with van der Waals surface area (Å²) in [5, 5.41) is 0.739. The van der Waals surface area contributed by atoms with Crippen molar-refractivity contribution in [1.82, 2.24) is 4.90 Å². The van der Waals surface area contributed by atoms with Gasteiger partial charge in [0.05, 0.1) is 0 Å². The molecule has 1 aromatic carbocycles. The molecule has 0 spiro atoms. The smallest absolute Gasteiger partial charge is 0.0234 e. The first-order valence-electron chi connectivity index (χ1n) is 15.3. The zero-order valence-electron chi connectivity index (χ0n) is 25.1. The van der Waals surface area contributed by atoms with Crippen LogP contribution < -0.4 is 0 Å². The average molecular weight is 542 g/mol. The Morgan fingerprint density at radius 1 is 1.18 bits per heavy atom. The maximum absolute atomic E-state index is 4.49. The Balaban J connectivity index is 1.39. The van der Waals surface area contributed by atoms with Crippen LogP contribution in [0.25, 0.3) is 5.57 Å². The van der Waals surface area contributed by atoms with Crippen LogP contribution in [0.2, 0.25) is 0 Å². The molecule has 4 rings (SSSR count). The lowest BCUT2D eigenvalue weighted by atomic mass is 9.73. The second-order valence-electron chi connectivity index (χ2n) is 12.6. The number of hydrogen-bond donors (Lipinski definition) is 0. The van der Waals surface area contributed by atoms with Gasteiger partial charge >= 0.3 is 0 Å². The first-order chi connectivity index (χ1) is 18.8. The third kappa shape index (κ3) is 7.19. The molecule has 39 heavy (non-hydrogen) atoms. The minimum atomic E-state index is 0.177. The van der Waals surface area contributed by atoms with Crippen molar-refractivity contribution < 1.29 is 0 Å². The summed E-state index contributed by atoms with van der Waals surface area (Å²) in [5.74, 6) is 0.699. The van der Waals surface area contributed by atoms with Crippen molar-refractivity contribution >= 4 is 17.3 Å². The highest BCUT2D eigenvalue weighted by Crippen LogP contribution is 2.56. The monoisotopic (exact) mass is 541 g/mol. The molecule has 3 unspecified atom stereocenters. The molecular formula is C37H51NS. The minimum Gasteiger partial charge on any atom is -0.297 e. The van der Waals surface area contributed by atoms with Gasteiger partial charge in [-0.15, -0.1) is 24.9 Å². The van der Waals surface area contributed by atoms with Crippen molar-refractivity contribution in [3.05, 3.63) is 96.7 Å². The molecule has 210 valence electrons. The van der Waals surface area contributed by atoms with E-state index in [1.165, 1.54) is 53.7 Å². The molecule has 1 saturated heterocycles. The quantitative estimate of drug-likeness (QED) is 0.160. The Labute approximate surface area is 243 Å². The van der Waals surface area contributed by atoms with Gasteiger partial charge in [-0.1, -0.05) is 87.9 Å². The predicted octanol–water partition coefficient (Wildman–Crippen LogP) is 10.4. The Morgan fingerprint density at radius 3 is 2.62 bits per heavy atom. The van der Waals surface area contributed by atoms with E-state index >= 15 is 0 Å². The molecule has 2 fully saturated rings. The summed E-state index contributed by atoms with van der Waals surface area (Å²) in [6.07, 6.45) is 20.9. The van der Waals surface area contributed by atoms with Gasteiger partial charge in [0, 0.05) is 35.2 Å². The van der Waals surface area contributed by atoms with Crippen LogP contribution in [0, 0.1) is 16.7 Å². The zero-order valence-corrected chi connectivity index (χ0v) is 25.9. The molecule has 0 bridgehead atoms. The van der Waals surface area contributed by atoms with Crippen LogP contribution in [0.15, 0.2) is 96.0 Å². The van der Waals surface area contributed by atoms with Crippen molar-refractivity contribution in [1.29, 1.82) is 0 Å². The fourth-order valence-corrected chi connectivity index (χ4v) is 8.31. The molecule has 0 aromatic heterocycles. The minimum absolute atomic E-state index is 0.177. The van der Waals surface area contributed by atoms with Crippen LogP contribution in [-0.2, 0) is 0 Å². The molecule has 2 heteroatoms. The maximum atomic E-state index is 4.49. The predicted molar refractivity (Wildman–Crippen MR) is 174 cm³/mol. The standard InChI is InChI=1S/C37H51NS/c1-8-16-29(22-32-30(10-3)31-18-13-14-19-34(31)39-35-23-33(32)35)25-38-26-37(12-5,27-38)24-28(6)17-15-21-36(7,11-4)20-9-2/h8,11-14,16,18-19,22,33,35H,4-6,9-10,15,17,20-21,23-27H2,1-3,7H3/b16-8+,29-22+. The number of hydrogen-bond acceptors (Lipinski definition) is 2. The third-order valence-electron chi connectivity index (χ3n) is 9.16. The van der Waals surface area contributed by atoms with Crippen LogP contribution >= 0.6 is 11.8 Å². The van der Waals surface area contributed by atoms with Gasteiger partial charge in [-0.05, 0) is 91.6 Å². The lowest BCUT2D eigenvalue weighted by Crippen LogP contribution is -2.55. The number of fused-ring (bicyclic) bond motifs is 2. The highest BCUT2D eigenvalue weighted by molar-refractivity contribution is 8.00. The van der Waals surface area contributed by atoms with E-state index in [1.54, 1.807) is 11.1 Å². The van der Waals surface area contributed by atoms with Crippen LogP contribution in [0.1, 0.15) is 84.6 Å². The third-order valence-corrected chi connectivity index (χ3v) is 10.6. The van der Waals surface area contributed by atoms with Crippen molar-refractivity contribution in [2.75, 3.05) is 19.6 Å². The number of nitrogens with zero attached hydrogens (tertiary/aromatic N) is 1. The molecule has 1 aromatic rings. The summed E-state index contributed by atoms with van der Waals surface area (Å²) in [4.78, 5) is 4.07. The van der Waals surface area contributed by atoms with E-state index in [0.717, 1.165) is 44.1 Å². The second-order valence-corrected chi connectivity index (χ2v) is 13.9. The highest BCUT2D eigenvalue weighted by Gasteiger charge is 2.44. The van der Waals surface area contributed by atoms with Crippen molar-refractivity contribution in [2.45, 2.75) is 89.2 Å². The van der Waals surface area contributed by atoms with E-state index in [0.29, 0.717) is 5.92 Å². The van der Waals surface area contributed by atoms with Gasteiger partial charge in [0.1, 0.15) is 0 Å². The first kappa shape index (κ1) is 29.9. The van der Waals surface area contributed by atoms with E-state index in [4.69, 9.17) is 0 Å². The molecule has 0 radical (unpaired) electrons. The van der Waals surface area contributed by atoms with Crippen molar-refractivity contribution in [3.63, 3.8) is 0 Å². The van der Waals surface area contributed by atoms with E-state index < -0.39 is 0 Å². The fourth-order valence-electron chi connectivity index (χ4n) is 6.90. The average Bonchev–Trinajstić information content (AvgIpc) is 3.67. The van der Waals surface area contributed by atoms with Crippen molar-refractivity contribution in [2.24, 2.45) is 16.7 Å². The topological polar surface area (TPSA) is 3.24 Å². The summed E-state index contributed by atoms with van der Waals surface area (Å²) in [6.45, 7) is 25.1. The molecular weight excluding hydrogens is 490 g/mol. The summed E-state index contributed by atoms with van der Waals surface area (Å²) >= 11 is 2.09. The summed E-state index contributed by atoms with van der Waals surface area (Å²) in [7, 11) is 0. The molecule has 0 N–H and O–H groups in total. The lowest BCUT2D eigenvalue weighted by Gasteiger charge is -2.49. The van der Waals surface area contributed by atoms with Gasteiger partial charge in [-0.3, -0.25) is 4.90 Å². The van der Waals surface area contributed by atoms with Gasteiger partial charge in [-0.25, -0.2) is 0 Å². The summed E-state index contributed by atoms with van der Waals surface area (Å²) < 4.78 is 0. The van der Waals surface area contributed by atoms with E-state index in [2.05, 4.69) is 119 Å². The number of thioether (sulfide) groups is 1. The molecule has 2 heterocycles. The SMILES string of the molecule is C=CC(C)(CCC)CCCC(=C)CC1(C=C)CN(CC(/C=C/C)=C/C2=C(CC)c3ccccc3SC3CC23)C1. The summed E-state index contributed by atoms with van der Waals surface area (Å²) in [5.41, 5.74) is 7.86.